The van der Waals surface area contributed by atoms with Gasteiger partial charge in [0.15, 0.2) is 0 Å². The largest absolute Gasteiger partial charge is 0.508 e. The summed E-state index contributed by atoms with van der Waals surface area (Å²) in [6.45, 7) is 4.80. The summed E-state index contributed by atoms with van der Waals surface area (Å²) < 4.78 is 0. The Hall–Kier alpha value is -2.83. The van der Waals surface area contributed by atoms with Gasteiger partial charge in [-0.15, -0.1) is 0 Å². The number of nitrogens with two attached hydrogens (primary N) is 1. The van der Waals surface area contributed by atoms with E-state index < -0.39 is 54.0 Å². The minimum absolute atomic E-state index is 0.00881. The molecule has 34 heavy (non-hydrogen) atoms. The van der Waals surface area contributed by atoms with Crippen molar-refractivity contribution in [2.75, 3.05) is 5.75 Å². The second-order valence-electron chi connectivity index (χ2n) is 8.15. The molecular weight excluding hydrogens is 464 g/mol. The number of hydrogen-bond acceptors (Lipinski definition) is 8. The first kappa shape index (κ1) is 29.2. The minimum atomic E-state index is -1.27. The normalized spacial score (nSPS) is 16.3. The number of carboxylic acid groups (broad SMARTS) is 1. The van der Waals surface area contributed by atoms with Crippen LogP contribution in [0.1, 0.15) is 32.8 Å². The average molecular weight is 499 g/mol. The zero-order chi connectivity index (χ0) is 26.0. The molecule has 8 N–H and O–H groups in total. The molecule has 1 aromatic rings. The van der Waals surface area contributed by atoms with E-state index in [0.29, 0.717) is 12.0 Å². The highest BCUT2D eigenvalue weighted by Crippen LogP contribution is 2.13. The van der Waals surface area contributed by atoms with Gasteiger partial charge in [0, 0.05) is 12.2 Å². The summed E-state index contributed by atoms with van der Waals surface area (Å²) in [4.78, 5) is 49.7. The van der Waals surface area contributed by atoms with Crippen molar-refractivity contribution in [3.8, 4) is 5.75 Å². The summed E-state index contributed by atoms with van der Waals surface area (Å²) in [5.74, 6) is -3.91. The number of aliphatic hydroxyl groups excluding tert-OH is 1. The maximum atomic E-state index is 13.0. The van der Waals surface area contributed by atoms with Crippen LogP contribution in [-0.4, -0.2) is 75.0 Å². The van der Waals surface area contributed by atoms with Crippen LogP contribution in [-0.2, 0) is 25.6 Å². The van der Waals surface area contributed by atoms with Crippen molar-refractivity contribution >= 4 is 36.3 Å². The predicted octanol–water partition coefficient (Wildman–Crippen LogP) is -0.842. The predicted molar refractivity (Wildman–Crippen MR) is 128 cm³/mol. The highest BCUT2D eigenvalue weighted by atomic mass is 32.1. The molecule has 0 heterocycles. The van der Waals surface area contributed by atoms with Crippen LogP contribution in [0.5, 0.6) is 5.75 Å². The van der Waals surface area contributed by atoms with Crippen molar-refractivity contribution in [1.82, 2.24) is 16.0 Å². The number of rotatable bonds is 13. The fourth-order valence-electron chi connectivity index (χ4n) is 2.97. The first-order valence-corrected chi connectivity index (χ1v) is 11.5. The summed E-state index contributed by atoms with van der Waals surface area (Å²) in [5.41, 5.74) is 6.19. The number of carboxylic acids is 1. The lowest BCUT2D eigenvalue weighted by atomic mass is 9.98. The first-order chi connectivity index (χ1) is 15.9. The van der Waals surface area contributed by atoms with Crippen molar-refractivity contribution in [3.05, 3.63) is 29.8 Å². The topological polar surface area (TPSA) is 191 Å². The lowest BCUT2D eigenvalue weighted by molar-refractivity contribution is -0.143. The maximum Gasteiger partial charge on any atom is 0.326 e. The average Bonchev–Trinajstić information content (AvgIpc) is 2.79. The Labute approximate surface area is 203 Å². The number of aromatic hydroxyl groups is 1. The van der Waals surface area contributed by atoms with Gasteiger partial charge in [-0.25, -0.2) is 4.79 Å². The van der Waals surface area contributed by atoms with Crippen molar-refractivity contribution in [1.29, 1.82) is 0 Å². The van der Waals surface area contributed by atoms with Crippen LogP contribution in [0.25, 0.3) is 0 Å². The fraction of sp³-hybridized carbons (Fsp3) is 0.545. The summed E-state index contributed by atoms with van der Waals surface area (Å²) in [7, 11) is 0. The molecule has 0 spiro atoms. The van der Waals surface area contributed by atoms with Crippen LogP contribution in [0.15, 0.2) is 24.3 Å². The second-order valence-corrected chi connectivity index (χ2v) is 8.52. The zero-order valence-electron chi connectivity index (χ0n) is 19.4. The fourth-order valence-corrected chi connectivity index (χ4v) is 3.22. The monoisotopic (exact) mass is 498 g/mol. The Kier molecular flexibility index (Phi) is 11.8. The molecule has 0 saturated carbocycles. The van der Waals surface area contributed by atoms with Crippen LogP contribution in [0.2, 0.25) is 0 Å². The second kappa shape index (κ2) is 13.8. The van der Waals surface area contributed by atoms with Gasteiger partial charge in [0.25, 0.3) is 0 Å². The molecule has 6 unspecified atom stereocenters. The molecule has 12 heteroatoms. The van der Waals surface area contributed by atoms with Gasteiger partial charge in [-0.05, 0) is 30.5 Å². The molecule has 0 aliphatic carbocycles. The van der Waals surface area contributed by atoms with E-state index in [9.17, 15) is 34.5 Å². The van der Waals surface area contributed by atoms with Crippen LogP contribution >= 0.6 is 12.6 Å². The molecule has 1 rings (SSSR count). The number of phenols is 1. The van der Waals surface area contributed by atoms with Gasteiger partial charge in [-0.1, -0.05) is 32.4 Å². The molecular formula is C22H34N4O7S. The molecule has 0 aliphatic rings. The number of amides is 3. The van der Waals surface area contributed by atoms with Crippen molar-refractivity contribution in [2.45, 2.75) is 63.9 Å². The molecule has 190 valence electrons. The van der Waals surface area contributed by atoms with E-state index in [2.05, 4.69) is 28.6 Å². The van der Waals surface area contributed by atoms with Gasteiger partial charge < -0.3 is 37.0 Å². The first-order valence-electron chi connectivity index (χ1n) is 10.9. The SMILES string of the molecule is CCC(C)C(NC(=O)C(Cc1ccc(O)cc1)NC(=O)C(CS)NC(=O)C(N)C(C)O)C(=O)O. The van der Waals surface area contributed by atoms with E-state index in [4.69, 9.17) is 5.73 Å². The van der Waals surface area contributed by atoms with E-state index >= 15 is 0 Å². The number of carbonyl (C=O) groups is 4. The van der Waals surface area contributed by atoms with E-state index in [1.807, 2.05) is 0 Å². The smallest absolute Gasteiger partial charge is 0.326 e. The number of aliphatic hydroxyl groups is 1. The van der Waals surface area contributed by atoms with Crippen molar-refractivity contribution in [2.24, 2.45) is 11.7 Å². The maximum absolute atomic E-state index is 13.0. The molecule has 0 radical (unpaired) electrons. The van der Waals surface area contributed by atoms with Gasteiger partial charge in [0.05, 0.1) is 6.10 Å². The van der Waals surface area contributed by atoms with E-state index in [0.717, 1.165) is 0 Å². The summed E-state index contributed by atoms with van der Waals surface area (Å²) in [6, 6.07) is 1.17. The number of hydrogen-bond donors (Lipinski definition) is 8. The molecule has 11 nitrogen and oxygen atoms in total. The molecule has 1 aromatic carbocycles. The van der Waals surface area contributed by atoms with Crippen LogP contribution in [0.3, 0.4) is 0 Å². The molecule has 0 aromatic heterocycles. The lowest BCUT2D eigenvalue weighted by Crippen LogP contribution is -2.59. The summed E-state index contributed by atoms with van der Waals surface area (Å²) in [6.07, 6.45) is -0.653. The zero-order valence-corrected chi connectivity index (χ0v) is 20.3. The van der Waals surface area contributed by atoms with Gasteiger partial charge >= 0.3 is 5.97 Å². The molecule has 3 amide bonds. The van der Waals surface area contributed by atoms with E-state index in [1.165, 1.54) is 19.1 Å². The third-order valence-electron chi connectivity index (χ3n) is 5.42. The van der Waals surface area contributed by atoms with Crippen LogP contribution < -0.4 is 21.7 Å². The third-order valence-corrected chi connectivity index (χ3v) is 5.79. The molecule has 0 saturated heterocycles. The van der Waals surface area contributed by atoms with Gasteiger partial charge in [-0.2, -0.15) is 12.6 Å². The van der Waals surface area contributed by atoms with Gasteiger partial charge in [0.1, 0.15) is 29.9 Å². The Morgan fingerprint density at radius 1 is 0.971 bits per heavy atom. The van der Waals surface area contributed by atoms with Crippen molar-refractivity contribution < 1.29 is 34.5 Å². The number of aliphatic carboxylic acids is 1. The van der Waals surface area contributed by atoms with Gasteiger partial charge in [-0.3, -0.25) is 14.4 Å². The number of carbonyl (C=O) groups excluding carboxylic acids is 3. The Morgan fingerprint density at radius 2 is 1.50 bits per heavy atom. The summed E-state index contributed by atoms with van der Waals surface area (Å²) in [5, 5.41) is 35.9. The molecule has 6 atom stereocenters. The quantitative estimate of drug-likeness (QED) is 0.161. The Morgan fingerprint density at radius 3 is 1.97 bits per heavy atom. The molecule has 0 aliphatic heterocycles. The number of nitrogens with one attached hydrogen (secondary N) is 3. The third kappa shape index (κ3) is 8.84. The summed E-state index contributed by atoms with van der Waals surface area (Å²) >= 11 is 4.07. The minimum Gasteiger partial charge on any atom is -0.508 e. The van der Waals surface area contributed by atoms with E-state index in [-0.39, 0.29) is 23.8 Å². The molecule has 0 fully saturated rings. The Balaban J connectivity index is 3.09. The van der Waals surface area contributed by atoms with E-state index in [1.54, 1.807) is 26.0 Å². The van der Waals surface area contributed by atoms with Crippen molar-refractivity contribution in [3.63, 3.8) is 0 Å². The highest BCUT2D eigenvalue weighted by Gasteiger charge is 2.32. The Bertz CT molecular complexity index is 850. The number of thiol groups is 1. The van der Waals surface area contributed by atoms with Crippen LogP contribution in [0, 0.1) is 5.92 Å². The number of benzene rings is 1. The highest BCUT2D eigenvalue weighted by molar-refractivity contribution is 7.80. The van der Waals surface area contributed by atoms with Gasteiger partial charge in [0.2, 0.25) is 17.7 Å². The molecule has 0 bridgehead atoms. The van der Waals surface area contributed by atoms with Crippen LogP contribution in [0.4, 0.5) is 0 Å². The standard InChI is InChI=1S/C22H34N4O7S/c1-4-11(2)18(22(32)33)26-19(29)15(9-13-5-7-14(28)8-6-13)24-20(30)16(10-34)25-21(31)17(23)12(3)27/h5-8,11-12,15-18,27-28,34H,4,9-10,23H2,1-3H3,(H,24,30)(H,25,31)(H,26,29)(H,32,33). The lowest BCUT2D eigenvalue weighted by Gasteiger charge is -2.26. The number of phenolic OH excluding ortho intramolecular Hbond substituents is 1.